The fraction of sp³-hybridized carbons (Fsp3) is 0.917. The molecular formula is C12H24N2O2. The van der Waals surface area contributed by atoms with E-state index in [1.807, 2.05) is 0 Å². The van der Waals surface area contributed by atoms with Crippen LogP contribution in [0.25, 0.3) is 0 Å². The van der Waals surface area contributed by atoms with Crippen LogP contribution in [0.5, 0.6) is 0 Å². The maximum absolute atomic E-state index is 11.5. The summed E-state index contributed by atoms with van der Waals surface area (Å²) in [5, 5.41) is 15.8. The monoisotopic (exact) mass is 228 g/mol. The molecule has 3 N–H and O–H groups in total. The third-order valence-electron chi connectivity index (χ3n) is 2.91. The van der Waals surface area contributed by atoms with Crippen LogP contribution >= 0.6 is 0 Å². The highest BCUT2D eigenvalue weighted by Crippen LogP contribution is 2.30. The van der Waals surface area contributed by atoms with E-state index in [1.165, 1.54) is 0 Å². The first-order valence-electron chi connectivity index (χ1n) is 6.05. The summed E-state index contributed by atoms with van der Waals surface area (Å²) in [6, 6.07) is 0. The van der Waals surface area contributed by atoms with Crippen LogP contribution in [0.3, 0.4) is 0 Å². The zero-order chi connectivity index (χ0) is 12.2. The van der Waals surface area contributed by atoms with Crippen LogP contribution in [-0.2, 0) is 4.79 Å². The van der Waals surface area contributed by atoms with Gasteiger partial charge >= 0.3 is 0 Å². The molecule has 1 amide bonds. The van der Waals surface area contributed by atoms with E-state index in [0.717, 1.165) is 19.3 Å². The molecule has 1 aliphatic rings. The predicted octanol–water partition coefficient (Wildman–Crippen LogP) is 0.796. The first kappa shape index (κ1) is 13.5. The second-order valence-electron chi connectivity index (χ2n) is 5.78. The number of carbonyl (C=O) groups is 1. The van der Waals surface area contributed by atoms with Gasteiger partial charge in [0.15, 0.2) is 0 Å². The number of amides is 1. The van der Waals surface area contributed by atoms with E-state index >= 15 is 0 Å². The van der Waals surface area contributed by atoms with Crippen molar-refractivity contribution in [3.63, 3.8) is 0 Å². The minimum atomic E-state index is -0.618. The Balaban J connectivity index is 2.07. The maximum Gasteiger partial charge on any atom is 0.221 e. The third kappa shape index (κ3) is 4.94. The zero-order valence-corrected chi connectivity index (χ0v) is 10.6. The van der Waals surface area contributed by atoms with Crippen LogP contribution in [0, 0.1) is 0 Å². The molecule has 4 heteroatoms. The Hall–Kier alpha value is -0.610. The molecule has 0 aromatic rings. The summed E-state index contributed by atoms with van der Waals surface area (Å²) in [7, 11) is 0. The molecule has 4 nitrogen and oxygen atoms in total. The van der Waals surface area contributed by atoms with Gasteiger partial charge in [-0.3, -0.25) is 4.79 Å². The number of nitrogens with one attached hydrogen (secondary N) is 2. The Bertz CT molecular complexity index is 242. The molecule has 16 heavy (non-hydrogen) atoms. The van der Waals surface area contributed by atoms with Crippen molar-refractivity contribution in [3.05, 3.63) is 0 Å². The summed E-state index contributed by atoms with van der Waals surface area (Å²) >= 11 is 0. The van der Waals surface area contributed by atoms with Crippen LogP contribution in [-0.4, -0.2) is 35.2 Å². The highest BCUT2D eigenvalue weighted by molar-refractivity contribution is 5.76. The van der Waals surface area contributed by atoms with E-state index in [1.54, 1.807) is 0 Å². The van der Waals surface area contributed by atoms with Crippen molar-refractivity contribution in [1.82, 2.24) is 10.6 Å². The van der Waals surface area contributed by atoms with E-state index in [4.69, 9.17) is 0 Å². The number of rotatable bonds is 5. The first-order chi connectivity index (χ1) is 7.31. The van der Waals surface area contributed by atoms with Gasteiger partial charge in [0.2, 0.25) is 5.91 Å². The van der Waals surface area contributed by atoms with Crippen molar-refractivity contribution in [2.45, 2.75) is 57.6 Å². The van der Waals surface area contributed by atoms with E-state index in [0.29, 0.717) is 19.5 Å². The average Bonchev–Trinajstić information content (AvgIpc) is 2.09. The van der Waals surface area contributed by atoms with Crippen LogP contribution in [0.1, 0.15) is 46.5 Å². The van der Waals surface area contributed by atoms with Crippen molar-refractivity contribution < 1.29 is 9.90 Å². The first-order valence-corrected chi connectivity index (χ1v) is 6.05. The lowest BCUT2D eigenvalue weighted by molar-refractivity contribution is -0.123. The molecule has 1 aliphatic carbocycles. The smallest absolute Gasteiger partial charge is 0.221 e. The molecule has 0 saturated heterocycles. The average molecular weight is 228 g/mol. The highest BCUT2D eigenvalue weighted by atomic mass is 16.3. The summed E-state index contributed by atoms with van der Waals surface area (Å²) in [5.74, 6) is 0.0112. The third-order valence-corrected chi connectivity index (χ3v) is 2.91. The van der Waals surface area contributed by atoms with Gasteiger partial charge in [0.1, 0.15) is 0 Å². The van der Waals surface area contributed by atoms with Crippen molar-refractivity contribution in [1.29, 1.82) is 0 Å². The number of hydrogen-bond acceptors (Lipinski definition) is 3. The predicted molar refractivity (Wildman–Crippen MR) is 64.2 cm³/mol. The van der Waals surface area contributed by atoms with Gasteiger partial charge in [-0.1, -0.05) is 0 Å². The fourth-order valence-electron chi connectivity index (χ4n) is 1.66. The molecule has 0 spiro atoms. The van der Waals surface area contributed by atoms with Crippen LogP contribution < -0.4 is 10.6 Å². The number of carbonyl (C=O) groups excluding carboxylic acids is 1. The molecule has 0 radical (unpaired) electrons. The number of hydrogen-bond donors (Lipinski definition) is 3. The summed E-state index contributed by atoms with van der Waals surface area (Å²) in [5.41, 5.74) is -0.570. The van der Waals surface area contributed by atoms with Gasteiger partial charge in [0.05, 0.1) is 5.60 Å². The maximum atomic E-state index is 11.5. The standard InChI is InChI=1S/C12H24N2O2/c1-11(2,3)14-8-5-10(15)13-9-12(16)6-4-7-12/h14,16H,4-9H2,1-3H3,(H,13,15). The number of aliphatic hydroxyl groups is 1. The molecule has 94 valence electrons. The largest absolute Gasteiger partial charge is 0.388 e. The van der Waals surface area contributed by atoms with Crippen LogP contribution in [0.2, 0.25) is 0 Å². The van der Waals surface area contributed by atoms with Gasteiger partial charge in [-0.15, -0.1) is 0 Å². The van der Waals surface area contributed by atoms with Gasteiger partial charge < -0.3 is 15.7 Å². The zero-order valence-electron chi connectivity index (χ0n) is 10.6. The van der Waals surface area contributed by atoms with Crippen molar-refractivity contribution in [2.24, 2.45) is 0 Å². The minimum absolute atomic E-state index is 0.0112. The van der Waals surface area contributed by atoms with Crippen molar-refractivity contribution in [2.75, 3.05) is 13.1 Å². The van der Waals surface area contributed by atoms with Crippen LogP contribution in [0.4, 0.5) is 0 Å². The second kappa shape index (κ2) is 5.15. The summed E-state index contributed by atoms with van der Waals surface area (Å²) in [4.78, 5) is 11.5. The Kier molecular flexibility index (Phi) is 4.33. The van der Waals surface area contributed by atoms with Gasteiger partial charge in [-0.25, -0.2) is 0 Å². The highest BCUT2D eigenvalue weighted by Gasteiger charge is 2.34. The molecule has 0 atom stereocenters. The lowest BCUT2D eigenvalue weighted by atomic mass is 9.80. The van der Waals surface area contributed by atoms with E-state index in [9.17, 15) is 9.90 Å². The molecule has 0 aliphatic heterocycles. The Morgan fingerprint density at radius 2 is 2.00 bits per heavy atom. The molecule has 0 aromatic heterocycles. The molecule has 0 aromatic carbocycles. The molecule has 0 unspecified atom stereocenters. The molecule has 1 fully saturated rings. The summed E-state index contributed by atoms with van der Waals surface area (Å²) in [6.07, 6.45) is 3.16. The van der Waals surface area contributed by atoms with E-state index in [2.05, 4.69) is 31.4 Å². The Labute approximate surface area is 97.8 Å². The Morgan fingerprint density at radius 3 is 2.44 bits per heavy atom. The van der Waals surface area contributed by atoms with E-state index in [-0.39, 0.29) is 11.4 Å². The molecular weight excluding hydrogens is 204 g/mol. The second-order valence-corrected chi connectivity index (χ2v) is 5.78. The van der Waals surface area contributed by atoms with Crippen molar-refractivity contribution >= 4 is 5.91 Å². The topological polar surface area (TPSA) is 61.4 Å². The fourth-order valence-corrected chi connectivity index (χ4v) is 1.66. The Morgan fingerprint density at radius 1 is 1.38 bits per heavy atom. The summed E-state index contributed by atoms with van der Waals surface area (Å²) < 4.78 is 0. The minimum Gasteiger partial charge on any atom is -0.388 e. The van der Waals surface area contributed by atoms with Gasteiger partial charge in [0.25, 0.3) is 0 Å². The lowest BCUT2D eigenvalue weighted by Crippen LogP contribution is -2.48. The quantitative estimate of drug-likeness (QED) is 0.652. The van der Waals surface area contributed by atoms with Crippen molar-refractivity contribution in [3.8, 4) is 0 Å². The summed E-state index contributed by atoms with van der Waals surface area (Å²) in [6.45, 7) is 7.29. The van der Waals surface area contributed by atoms with Gasteiger partial charge in [-0.05, 0) is 40.0 Å². The molecule has 1 rings (SSSR count). The van der Waals surface area contributed by atoms with Gasteiger partial charge in [0, 0.05) is 25.0 Å². The normalized spacial score (nSPS) is 19.0. The van der Waals surface area contributed by atoms with E-state index < -0.39 is 5.60 Å². The molecule has 1 saturated carbocycles. The van der Waals surface area contributed by atoms with Crippen LogP contribution in [0.15, 0.2) is 0 Å². The van der Waals surface area contributed by atoms with Gasteiger partial charge in [-0.2, -0.15) is 0 Å². The lowest BCUT2D eigenvalue weighted by Gasteiger charge is -2.36. The molecule has 0 bridgehead atoms. The molecule has 0 heterocycles. The SMILES string of the molecule is CC(C)(C)NCCC(=O)NCC1(O)CCC1.